The Morgan fingerprint density at radius 1 is 1.12 bits per heavy atom. The summed E-state index contributed by atoms with van der Waals surface area (Å²) >= 11 is 0. The van der Waals surface area contributed by atoms with Crippen LogP contribution in [0.3, 0.4) is 0 Å². The van der Waals surface area contributed by atoms with Crippen LogP contribution in [0, 0.1) is 22.7 Å². The maximum absolute atomic E-state index is 10.8. The lowest BCUT2D eigenvalue weighted by Crippen LogP contribution is -2.68. The highest BCUT2D eigenvalue weighted by Crippen LogP contribution is 2.77. The van der Waals surface area contributed by atoms with Crippen molar-refractivity contribution in [3.63, 3.8) is 0 Å². The molecule has 0 amide bonds. The number of aliphatic hydroxyl groups is 1. The highest BCUT2D eigenvalue weighted by molar-refractivity contribution is 5.47. The molecule has 4 heteroatoms. The van der Waals surface area contributed by atoms with Gasteiger partial charge in [0.2, 0.25) is 0 Å². The van der Waals surface area contributed by atoms with Crippen molar-refractivity contribution < 1.29 is 14.6 Å². The predicted octanol–water partition coefficient (Wildman–Crippen LogP) is 3.54. The summed E-state index contributed by atoms with van der Waals surface area (Å²) in [7, 11) is 0. The van der Waals surface area contributed by atoms with Gasteiger partial charge in [-0.25, -0.2) is 0 Å². The molecule has 7 rings (SSSR count). The first-order valence-corrected chi connectivity index (χ1v) is 13.1. The smallest absolute Gasteiger partial charge is 0.127 e. The van der Waals surface area contributed by atoms with Crippen LogP contribution < -0.4 is 10.6 Å². The molecule has 2 saturated heterocycles. The summed E-state index contributed by atoms with van der Waals surface area (Å²) in [5.74, 6) is 1.56. The molecule has 2 saturated carbocycles. The standard InChI is InChI=1S/C28H39NO3/c1-15-23(25(2,3)30)31-20-11-12-26(4)21-16(10-13-27(26,5)28(20)24(15)32-28)14-18-17-8-6-7-9-19(17)29-22(18)21/h8-9,15-16,20-21,23-24,29-30H,6-7,10-14H2,1-5H3. The van der Waals surface area contributed by atoms with Crippen molar-refractivity contribution in [3.05, 3.63) is 21.8 Å². The zero-order chi connectivity index (χ0) is 22.3. The Morgan fingerprint density at radius 2 is 1.91 bits per heavy atom. The van der Waals surface area contributed by atoms with Gasteiger partial charge in [0.15, 0.2) is 0 Å². The number of nitrogens with one attached hydrogen (secondary N) is 1. The molecular weight excluding hydrogens is 398 g/mol. The van der Waals surface area contributed by atoms with Gasteiger partial charge in [0.05, 0.1) is 23.9 Å². The van der Waals surface area contributed by atoms with E-state index in [9.17, 15) is 5.11 Å². The van der Waals surface area contributed by atoms with E-state index in [4.69, 9.17) is 9.47 Å². The first-order valence-electron chi connectivity index (χ1n) is 13.1. The minimum Gasteiger partial charge on any atom is -0.388 e. The van der Waals surface area contributed by atoms with Gasteiger partial charge in [-0.2, -0.15) is 0 Å². The Hall–Kier alpha value is -1.10. The van der Waals surface area contributed by atoms with Crippen molar-refractivity contribution in [3.8, 4) is 0 Å². The fraction of sp³-hybridized carbons (Fsp3) is 0.786. The third-order valence-corrected chi connectivity index (χ3v) is 11.2. The van der Waals surface area contributed by atoms with E-state index in [1.54, 1.807) is 11.3 Å². The molecule has 1 aromatic heterocycles. The van der Waals surface area contributed by atoms with Crippen molar-refractivity contribution >= 4 is 12.2 Å². The molecule has 0 radical (unpaired) electrons. The molecule has 9 atom stereocenters. The number of ether oxygens (including phenoxy) is 2. The zero-order valence-corrected chi connectivity index (χ0v) is 20.3. The lowest BCUT2D eigenvalue weighted by molar-refractivity contribution is -0.230. The number of fused-ring (bicyclic) bond motifs is 7. The Bertz CT molecular complexity index is 1110. The SMILES string of the molecule is CC1C(C(C)(C)O)OC2CCC3(C)C4c5[nH]c6c(c5CC4CCC3(C)C23OC13)=CCCC=6. The van der Waals surface area contributed by atoms with E-state index in [0.717, 1.165) is 18.8 Å². The largest absolute Gasteiger partial charge is 0.388 e. The van der Waals surface area contributed by atoms with Crippen LogP contribution in [0.4, 0.5) is 0 Å². The van der Waals surface area contributed by atoms with Gasteiger partial charge in [-0.05, 0) is 80.9 Å². The van der Waals surface area contributed by atoms with Crippen molar-refractivity contribution in [2.45, 2.75) is 115 Å². The number of epoxide rings is 1. The number of hydrogen-bond acceptors (Lipinski definition) is 3. The Balaban J connectivity index is 1.33. The van der Waals surface area contributed by atoms with Gasteiger partial charge in [-0.1, -0.05) is 32.9 Å². The molecule has 0 aromatic carbocycles. The first-order chi connectivity index (χ1) is 15.1. The lowest BCUT2D eigenvalue weighted by Gasteiger charge is -2.64. The van der Waals surface area contributed by atoms with E-state index >= 15 is 0 Å². The molecule has 32 heavy (non-hydrogen) atoms. The Labute approximate surface area is 191 Å². The predicted molar refractivity (Wildman–Crippen MR) is 125 cm³/mol. The molecule has 4 fully saturated rings. The van der Waals surface area contributed by atoms with Gasteiger partial charge in [-0.15, -0.1) is 0 Å². The molecule has 9 unspecified atom stereocenters. The van der Waals surface area contributed by atoms with Crippen molar-refractivity contribution in [2.24, 2.45) is 22.7 Å². The maximum Gasteiger partial charge on any atom is 0.127 e. The van der Waals surface area contributed by atoms with Crippen LogP contribution in [0.15, 0.2) is 0 Å². The number of H-pyrrole nitrogens is 1. The van der Waals surface area contributed by atoms with Crippen LogP contribution in [0.25, 0.3) is 12.2 Å². The van der Waals surface area contributed by atoms with Crippen molar-refractivity contribution in [2.75, 3.05) is 0 Å². The topological polar surface area (TPSA) is 57.8 Å². The molecule has 6 aliphatic rings. The zero-order valence-electron chi connectivity index (χ0n) is 20.3. The minimum atomic E-state index is -0.840. The Kier molecular flexibility index (Phi) is 3.76. The van der Waals surface area contributed by atoms with Crippen LogP contribution in [-0.4, -0.2) is 39.6 Å². The van der Waals surface area contributed by atoms with E-state index in [2.05, 4.69) is 37.9 Å². The summed E-state index contributed by atoms with van der Waals surface area (Å²) in [6, 6.07) is 0. The van der Waals surface area contributed by atoms with E-state index in [1.165, 1.54) is 42.7 Å². The molecule has 1 spiro atoms. The number of aromatic amines is 1. The average Bonchev–Trinajstić information content (AvgIpc) is 3.27. The number of rotatable bonds is 1. The van der Waals surface area contributed by atoms with Crippen LogP contribution >= 0.6 is 0 Å². The summed E-state index contributed by atoms with van der Waals surface area (Å²) in [4.78, 5) is 3.93. The average molecular weight is 438 g/mol. The van der Waals surface area contributed by atoms with Crippen LogP contribution in [0.5, 0.6) is 0 Å². The molecule has 4 nitrogen and oxygen atoms in total. The quantitative estimate of drug-likeness (QED) is 0.661. The van der Waals surface area contributed by atoms with Crippen molar-refractivity contribution in [1.29, 1.82) is 0 Å². The molecule has 2 aliphatic heterocycles. The van der Waals surface area contributed by atoms with Gasteiger partial charge < -0.3 is 19.6 Å². The molecule has 0 bridgehead atoms. The lowest BCUT2D eigenvalue weighted by atomic mass is 9.41. The summed E-state index contributed by atoms with van der Waals surface area (Å²) in [5.41, 5.74) is 2.44. The second-order valence-corrected chi connectivity index (χ2v) is 13.0. The molecule has 4 aliphatic carbocycles. The fourth-order valence-electron chi connectivity index (χ4n) is 9.65. The highest BCUT2D eigenvalue weighted by atomic mass is 16.7. The fourth-order valence-corrected chi connectivity index (χ4v) is 9.65. The van der Waals surface area contributed by atoms with E-state index in [1.807, 2.05) is 13.8 Å². The third-order valence-electron chi connectivity index (χ3n) is 11.2. The van der Waals surface area contributed by atoms with Crippen LogP contribution in [0.2, 0.25) is 0 Å². The number of aromatic nitrogens is 1. The molecule has 1 aromatic rings. The van der Waals surface area contributed by atoms with Gasteiger partial charge in [0, 0.05) is 28.3 Å². The summed E-state index contributed by atoms with van der Waals surface area (Å²) in [6.07, 6.45) is 13.4. The second-order valence-electron chi connectivity index (χ2n) is 13.0. The van der Waals surface area contributed by atoms with Crippen LogP contribution in [-0.2, 0) is 15.9 Å². The summed E-state index contributed by atoms with van der Waals surface area (Å²) in [6.45, 7) is 11.1. The Morgan fingerprint density at radius 3 is 2.69 bits per heavy atom. The van der Waals surface area contributed by atoms with Gasteiger partial charge in [0.1, 0.15) is 5.60 Å². The van der Waals surface area contributed by atoms with E-state index in [0.29, 0.717) is 5.92 Å². The number of hydrogen-bond donors (Lipinski definition) is 2. The molecule has 3 heterocycles. The minimum absolute atomic E-state index is 0.0915. The summed E-state index contributed by atoms with van der Waals surface area (Å²) < 4.78 is 13.5. The third kappa shape index (κ3) is 2.12. The molecular formula is C28H39NO3. The van der Waals surface area contributed by atoms with E-state index < -0.39 is 5.60 Å². The second kappa shape index (κ2) is 5.93. The van der Waals surface area contributed by atoms with Gasteiger partial charge >= 0.3 is 0 Å². The van der Waals surface area contributed by atoms with E-state index in [-0.39, 0.29) is 40.7 Å². The normalized spacial score (nSPS) is 50.6. The molecule has 174 valence electrons. The van der Waals surface area contributed by atoms with Crippen molar-refractivity contribution in [1.82, 2.24) is 4.98 Å². The monoisotopic (exact) mass is 437 g/mol. The van der Waals surface area contributed by atoms with Gasteiger partial charge in [0.25, 0.3) is 0 Å². The maximum atomic E-state index is 10.8. The van der Waals surface area contributed by atoms with Crippen LogP contribution in [0.1, 0.15) is 90.3 Å². The first kappa shape index (κ1) is 20.3. The highest BCUT2D eigenvalue weighted by Gasteiger charge is 2.82. The van der Waals surface area contributed by atoms with Gasteiger partial charge in [-0.3, -0.25) is 0 Å². The molecule has 2 N–H and O–H groups in total. The summed E-state index contributed by atoms with van der Waals surface area (Å²) in [5, 5.41) is 13.7.